The first kappa shape index (κ1) is 15.1. The van der Waals surface area contributed by atoms with Crippen molar-refractivity contribution < 1.29 is 8.95 Å². The molecule has 0 amide bonds. The molecule has 0 aromatic carbocycles. The Kier molecular flexibility index (Phi) is 9.35. The van der Waals surface area contributed by atoms with Crippen molar-refractivity contribution in [2.75, 3.05) is 26.0 Å². The van der Waals surface area contributed by atoms with Gasteiger partial charge in [0.25, 0.3) is 0 Å². The molecule has 92 valence electrons. The summed E-state index contributed by atoms with van der Waals surface area (Å²) in [5.74, 6) is 0.641. The highest BCUT2D eigenvalue weighted by molar-refractivity contribution is 7.85. The summed E-state index contributed by atoms with van der Waals surface area (Å²) in [5.41, 5.74) is 0. The summed E-state index contributed by atoms with van der Waals surface area (Å²) < 4.78 is 16.8. The van der Waals surface area contributed by atoms with Crippen LogP contribution in [0, 0.1) is 0 Å². The summed E-state index contributed by atoms with van der Waals surface area (Å²) >= 11 is 0. The molecule has 3 unspecified atom stereocenters. The molecule has 0 spiro atoms. The van der Waals surface area contributed by atoms with Crippen LogP contribution in [0.5, 0.6) is 0 Å². The van der Waals surface area contributed by atoms with Gasteiger partial charge in [0.05, 0.1) is 6.61 Å². The molecule has 0 heterocycles. The molecular formula is C11H25NO2S. The van der Waals surface area contributed by atoms with Gasteiger partial charge < -0.3 is 10.1 Å². The van der Waals surface area contributed by atoms with Gasteiger partial charge in [0, 0.05) is 35.0 Å². The highest BCUT2D eigenvalue weighted by Crippen LogP contribution is 2.06. The predicted octanol–water partition coefficient (Wildman–Crippen LogP) is 1.55. The van der Waals surface area contributed by atoms with Crippen molar-refractivity contribution in [3.63, 3.8) is 0 Å². The molecule has 0 saturated heterocycles. The van der Waals surface area contributed by atoms with Gasteiger partial charge >= 0.3 is 0 Å². The highest BCUT2D eigenvalue weighted by Gasteiger charge is 2.20. The number of rotatable bonds is 9. The van der Waals surface area contributed by atoms with E-state index >= 15 is 0 Å². The molecule has 3 atom stereocenters. The topological polar surface area (TPSA) is 38.3 Å². The van der Waals surface area contributed by atoms with E-state index in [1.165, 1.54) is 0 Å². The van der Waals surface area contributed by atoms with E-state index in [1.807, 2.05) is 0 Å². The Hall–Kier alpha value is 0.0700. The fraction of sp³-hybridized carbons (Fsp3) is 1.00. The number of ether oxygens (including phenoxy) is 1. The molecule has 0 aliphatic rings. The summed E-state index contributed by atoms with van der Waals surface area (Å²) in [6, 6.07) is 0.364. The van der Waals surface area contributed by atoms with E-state index < -0.39 is 10.8 Å². The molecule has 0 radical (unpaired) electrons. The first-order valence-electron chi connectivity index (χ1n) is 5.76. The van der Waals surface area contributed by atoms with Crippen LogP contribution in [0.4, 0.5) is 0 Å². The Bertz CT molecular complexity index is 176. The Morgan fingerprint density at radius 1 is 1.40 bits per heavy atom. The molecule has 0 rings (SSSR count). The standard InChI is InChI=1S/C11H25NO2S/c1-5-7-12-11(6-2)10(3)15(13)9-8-14-4/h10-12H,5-9H2,1-4H3. The summed E-state index contributed by atoms with van der Waals surface area (Å²) in [7, 11) is 0.862. The first-order chi connectivity index (χ1) is 7.17. The summed E-state index contributed by atoms with van der Waals surface area (Å²) in [6.45, 7) is 7.93. The smallest absolute Gasteiger partial charge is 0.0577 e. The van der Waals surface area contributed by atoms with Crippen LogP contribution in [0.25, 0.3) is 0 Å². The Morgan fingerprint density at radius 2 is 2.07 bits per heavy atom. The minimum absolute atomic E-state index is 0.205. The Labute approximate surface area is 96.4 Å². The molecule has 0 aliphatic heterocycles. The second-order valence-corrected chi connectivity index (χ2v) is 5.66. The lowest BCUT2D eigenvalue weighted by Crippen LogP contribution is -2.41. The lowest BCUT2D eigenvalue weighted by atomic mass is 10.1. The van der Waals surface area contributed by atoms with Gasteiger partial charge in [0.15, 0.2) is 0 Å². The van der Waals surface area contributed by atoms with Crippen LogP contribution < -0.4 is 5.32 Å². The van der Waals surface area contributed by atoms with Crippen LogP contribution in [0.3, 0.4) is 0 Å². The molecule has 0 aromatic rings. The second-order valence-electron chi connectivity index (χ2n) is 3.75. The van der Waals surface area contributed by atoms with E-state index in [0.717, 1.165) is 19.4 Å². The number of hydrogen-bond donors (Lipinski definition) is 1. The van der Waals surface area contributed by atoms with Crippen molar-refractivity contribution in [3.8, 4) is 0 Å². The van der Waals surface area contributed by atoms with Crippen molar-refractivity contribution in [1.82, 2.24) is 5.32 Å². The van der Waals surface area contributed by atoms with Gasteiger partial charge in [-0.1, -0.05) is 13.8 Å². The fourth-order valence-corrected chi connectivity index (χ4v) is 2.86. The van der Waals surface area contributed by atoms with Crippen LogP contribution >= 0.6 is 0 Å². The van der Waals surface area contributed by atoms with Gasteiger partial charge in [0.1, 0.15) is 0 Å². The third-order valence-corrected chi connectivity index (χ3v) is 4.29. The zero-order chi connectivity index (χ0) is 11.7. The summed E-state index contributed by atoms with van der Waals surface area (Å²) in [6.07, 6.45) is 2.15. The van der Waals surface area contributed by atoms with E-state index in [-0.39, 0.29) is 5.25 Å². The quantitative estimate of drug-likeness (QED) is 0.659. The minimum atomic E-state index is -0.786. The van der Waals surface area contributed by atoms with Crippen molar-refractivity contribution >= 4 is 10.8 Å². The number of methoxy groups -OCH3 is 1. The van der Waals surface area contributed by atoms with E-state index in [1.54, 1.807) is 7.11 Å². The summed E-state index contributed by atoms with van der Waals surface area (Å²) in [5, 5.41) is 3.65. The van der Waals surface area contributed by atoms with Crippen LogP contribution in [0.1, 0.15) is 33.6 Å². The summed E-state index contributed by atoms with van der Waals surface area (Å²) in [4.78, 5) is 0. The molecular weight excluding hydrogens is 210 g/mol. The third-order valence-electron chi connectivity index (χ3n) is 2.57. The predicted molar refractivity (Wildman–Crippen MR) is 66.7 cm³/mol. The van der Waals surface area contributed by atoms with Crippen molar-refractivity contribution in [1.29, 1.82) is 0 Å². The number of hydrogen-bond acceptors (Lipinski definition) is 3. The molecule has 0 aliphatic carbocycles. The molecule has 0 fully saturated rings. The zero-order valence-corrected chi connectivity index (χ0v) is 11.2. The van der Waals surface area contributed by atoms with E-state index in [9.17, 15) is 4.21 Å². The maximum Gasteiger partial charge on any atom is 0.0577 e. The van der Waals surface area contributed by atoms with Crippen molar-refractivity contribution in [2.45, 2.75) is 44.9 Å². The fourth-order valence-electron chi connectivity index (χ4n) is 1.51. The first-order valence-corrected chi connectivity index (χ1v) is 7.15. The average molecular weight is 235 g/mol. The Balaban J connectivity index is 3.99. The molecule has 4 heteroatoms. The van der Waals surface area contributed by atoms with E-state index in [4.69, 9.17) is 4.74 Å². The van der Waals surface area contributed by atoms with Gasteiger partial charge in [0.2, 0.25) is 0 Å². The lowest BCUT2D eigenvalue weighted by molar-refractivity contribution is 0.217. The van der Waals surface area contributed by atoms with Crippen LogP contribution in [-0.4, -0.2) is 41.5 Å². The van der Waals surface area contributed by atoms with Crippen LogP contribution in [0.15, 0.2) is 0 Å². The normalized spacial score (nSPS) is 17.3. The minimum Gasteiger partial charge on any atom is -0.384 e. The van der Waals surface area contributed by atoms with Crippen molar-refractivity contribution in [2.24, 2.45) is 0 Å². The van der Waals surface area contributed by atoms with E-state index in [2.05, 4.69) is 26.1 Å². The van der Waals surface area contributed by atoms with Crippen LogP contribution in [-0.2, 0) is 15.5 Å². The maximum atomic E-state index is 11.9. The van der Waals surface area contributed by atoms with E-state index in [0.29, 0.717) is 18.4 Å². The molecule has 1 N–H and O–H groups in total. The van der Waals surface area contributed by atoms with Gasteiger partial charge in [-0.3, -0.25) is 4.21 Å². The highest BCUT2D eigenvalue weighted by atomic mass is 32.2. The van der Waals surface area contributed by atoms with Gasteiger partial charge in [-0.2, -0.15) is 0 Å². The van der Waals surface area contributed by atoms with Crippen LogP contribution in [0.2, 0.25) is 0 Å². The van der Waals surface area contributed by atoms with Gasteiger partial charge in [-0.15, -0.1) is 0 Å². The Morgan fingerprint density at radius 3 is 2.53 bits per heavy atom. The lowest BCUT2D eigenvalue weighted by Gasteiger charge is -2.23. The van der Waals surface area contributed by atoms with Crippen molar-refractivity contribution in [3.05, 3.63) is 0 Å². The van der Waals surface area contributed by atoms with Gasteiger partial charge in [-0.05, 0) is 26.3 Å². The average Bonchev–Trinajstić information content (AvgIpc) is 2.26. The molecule has 0 bridgehead atoms. The molecule has 3 nitrogen and oxygen atoms in total. The van der Waals surface area contributed by atoms with Gasteiger partial charge in [-0.25, -0.2) is 0 Å². The molecule has 15 heavy (non-hydrogen) atoms. The monoisotopic (exact) mass is 235 g/mol. The SMILES string of the molecule is CCCNC(CC)C(C)S(=O)CCOC. The largest absolute Gasteiger partial charge is 0.384 e. The maximum absolute atomic E-state index is 11.9. The zero-order valence-electron chi connectivity index (χ0n) is 10.4. The number of nitrogens with one attached hydrogen (secondary N) is 1. The molecule has 0 saturated carbocycles. The third kappa shape index (κ3) is 6.28. The molecule has 0 aromatic heterocycles. The second kappa shape index (κ2) is 9.31.